The van der Waals surface area contributed by atoms with E-state index in [2.05, 4.69) is 5.32 Å². The van der Waals surface area contributed by atoms with Gasteiger partial charge >= 0.3 is 39.9 Å². The van der Waals surface area contributed by atoms with Gasteiger partial charge in [-0.25, -0.2) is 4.31 Å². The summed E-state index contributed by atoms with van der Waals surface area (Å²) in [6, 6.07) is 8.82. The number of rotatable bonds is 5. The topological polar surface area (TPSA) is 113 Å². The molecule has 1 unspecified atom stereocenters. The van der Waals surface area contributed by atoms with E-state index in [1.165, 1.54) is 7.11 Å². The molecule has 10 heteroatoms. The Hall–Kier alpha value is -0.970. The number of carbonyl (C=O) groups is 2. The molecule has 116 valence electrons. The number of hydrogen-bond donors (Lipinski definition) is 2. The van der Waals surface area contributed by atoms with E-state index in [-0.39, 0.29) is 41.7 Å². The Labute approximate surface area is 151 Å². The Morgan fingerprint density at radius 3 is 2.50 bits per heavy atom. The second-order valence-corrected chi connectivity index (χ2v) is 5.87. The van der Waals surface area contributed by atoms with Crippen molar-refractivity contribution in [3.8, 4) is 0 Å². The first-order valence-corrected chi connectivity index (χ1v) is 7.38. The first-order chi connectivity index (χ1) is 9.78. The molecule has 0 radical (unpaired) electrons. The summed E-state index contributed by atoms with van der Waals surface area (Å²) in [5.41, 5.74) is -1.01. The molecule has 2 rings (SSSR count). The molecule has 1 fully saturated rings. The number of amides is 2. The Morgan fingerprint density at radius 1 is 1.45 bits per heavy atom. The van der Waals surface area contributed by atoms with Crippen LogP contribution in [0.2, 0.25) is 0 Å². The van der Waals surface area contributed by atoms with Crippen molar-refractivity contribution < 1.29 is 58.3 Å². The number of nitrogens with one attached hydrogen (secondary N) is 1. The third kappa shape index (κ3) is 3.86. The van der Waals surface area contributed by atoms with Crippen LogP contribution in [0.1, 0.15) is 6.99 Å². The van der Waals surface area contributed by atoms with Crippen LogP contribution in [0.25, 0.3) is 0 Å². The van der Waals surface area contributed by atoms with E-state index in [4.69, 9.17) is 9.29 Å². The second kappa shape index (κ2) is 7.07. The minimum atomic E-state index is -4.64. The third-order valence-corrected chi connectivity index (χ3v) is 3.97. The molecule has 1 aliphatic heterocycles. The van der Waals surface area contributed by atoms with E-state index in [0.717, 1.165) is 5.56 Å². The van der Waals surface area contributed by atoms with Crippen molar-refractivity contribution in [1.29, 1.82) is 0 Å². The van der Waals surface area contributed by atoms with Crippen LogP contribution in [0.3, 0.4) is 0 Å². The fraction of sp³-hybridized carbons (Fsp3) is 0.333. The van der Waals surface area contributed by atoms with Crippen LogP contribution in [-0.2, 0) is 31.1 Å². The summed E-state index contributed by atoms with van der Waals surface area (Å²) in [6.45, 7) is -0.471. The molecule has 0 aliphatic carbocycles. The Kier molecular flexibility index (Phi) is 6.13. The number of β-lactam (4-membered cyclic amide) rings is 1. The Bertz CT molecular complexity index is 671. The molecule has 0 bridgehead atoms. The maximum Gasteiger partial charge on any atom is 1.00 e. The molecule has 1 saturated heterocycles. The van der Waals surface area contributed by atoms with Gasteiger partial charge in [-0.2, -0.15) is 8.42 Å². The summed E-state index contributed by atoms with van der Waals surface area (Å²) in [5, 5.41) is 2.35. The van der Waals surface area contributed by atoms with Crippen molar-refractivity contribution in [1.82, 2.24) is 9.62 Å². The van der Waals surface area contributed by atoms with Gasteiger partial charge in [0.15, 0.2) is 0 Å². The molecule has 1 aliphatic rings. The predicted molar refractivity (Wildman–Crippen MR) is 72.4 cm³/mol. The zero-order valence-electron chi connectivity index (χ0n) is 13.1. The van der Waals surface area contributed by atoms with Crippen LogP contribution in [-0.4, -0.2) is 48.5 Å². The zero-order chi connectivity index (χ0) is 15.7. The molecule has 0 spiro atoms. The van der Waals surface area contributed by atoms with Gasteiger partial charge in [0, 0.05) is 7.11 Å². The van der Waals surface area contributed by atoms with Gasteiger partial charge in [-0.05, 0) is 5.56 Å². The Morgan fingerprint density at radius 2 is 2.05 bits per heavy atom. The molecular formula is C12H15N2NaO6S. The minimum Gasteiger partial charge on any atom is -1.00 e. The zero-order valence-corrected chi connectivity index (χ0v) is 15.0. The second-order valence-electron chi connectivity index (χ2n) is 4.53. The molecule has 8 nitrogen and oxygen atoms in total. The Balaban J connectivity index is 0.00000242. The van der Waals surface area contributed by atoms with Crippen LogP contribution in [0.4, 0.5) is 0 Å². The number of ether oxygens (including phenoxy) is 1. The van der Waals surface area contributed by atoms with Gasteiger partial charge in [0.05, 0.1) is 13.0 Å². The van der Waals surface area contributed by atoms with Crippen molar-refractivity contribution >= 4 is 22.1 Å². The van der Waals surface area contributed by atoms with Crippen molar-refractivity contribution in [3.05, 3.63) is 35.9 Å². The smallest absolute Gasteiger partial charge is 1.00 e. The van der Waals surface area contributed by atoms with Crippen molar-refractivity contribution in [2.75, 3.05) is 13.7 Å². The minimum absolute atomic E-state index is 0. The van der Waals surface area contributed by atoms with E-state index in [1.54, 1.807) is 30.3 Å². The molecule has 1 heterocycles. The number of nitrogens with zero attached hydrogens (tertiary/aromatic N) is 1. The van der Waals surface area contributed by atoms with Crippen molar-refractivity contribution in [2.45, 2.75) is 12.1 Å². The summed E-state index contributed by atoms with van der Waals surface area (Å²) in [4.78, 5) is 23.7. The van der Waals surface area contributed by atoms with Crippen molar-refractivity contribution in [2.24, 2.45) is 0 Å². The van der Waals surface area contributed by atoms with Gasteiger partial charge in [0.2, 0.25) is 11.6 Å². The SMILES string of the molecule is COC1(NC(=O)Cc2ccccc2)CN(S(=O)(=O)O)C1=O.[H-].[Na+]. The summed E-state index contributed by atoms with van der Waals surface area (Å²) in [5.74, 6) is -1.53. The number of methoxy groups -OCH3 is 1. The first kappa shape index (κ1) is 19.1. The summed E-state index contributed by atoms with van der Waals surface area (Å²) >= 11 is 0. The summed E-state index contributed by atoms with van der Waals surface area (Å²) in [7, 11) is -3.47. The molecule has 1 atom stereocenters. The average Bonchev–Trinajstić information content (AvgIpc) is 2.42. The number of benzene rings is 1. The van der Waals surface area contributed by atoms with Crippen LogP contribution in [0, 0.1) is 0 Å². The van der Waals surface area contributed by atoms with Gasteiger partial charge in [-0.1, -0.05) is 30.3 Å². The largest absolute Gasteiger partial charge is 1.00 e. The van der Waals surface area contributed by atoms with Gasteiger partial charge in [0.25, 0.3) is 5.91 Å². The van der Waals surface area contributed by atoms with E-state index in [1.807, 2.05) is 0 Å². The molecular weight excluding hydrogens is 323 g/mol. The van der Waals surface area contributed by atoms with E-state index in [9.17, 15) is 18.0 Å². The first-order valence-electron chi connectivity index (χ1n) is 5.98. The van der Waals surface area contributed by atoms with Gasteiger partial charge in [-0.3, -0.25) is 14.1 Å². The van der Waals surface area contributed by atoms with Crippen LogP contribution >= 0.6 is 0 Å². The predicted octanol–water partition coefficient (Wildman–Crippen LogP) is -3.55. The van der Waals surface area contributed by atoms with E-state index in [0.29, 0.717) is 0 Å². The van der Waals surface area contributed by atoms with Crippen molar-refractivity contribution in [3.63, 3.8) is 0 Å². The average molecular weight is 338 g/mol. The summed E-state index contributed by atoms with van der Waals surface area (Å²) in [6.07, 6.45) is 0.0190. The van der Waals surface area contributed by atoms with E-state index < -0.39 is 34.4 Å². The molecule has 0 aromatic heterocycles. The van der Waals surface area contributed by atoms with E-state index >= 15 is 0 Å². The maximum atomic E-state index is 11.9. The number of carbonyl (C=O) groups excluding carboxylic acids is 2. The van der Waals surface area contributed by atoms with Gasteiger partial charge in [0.1, 0.15) is 0 Å². The number of hydrogen-bond acceptors (Lipinski definition) is 5. The fourth-order valence-corrected chi connectivity index (χ4v) is 2.69. The monoisotopic (exact) mass is 338 g/mol. The molecule has 1 aromatic rings. The van der Waals surface area contributed by atoms with Gasteiger partial charge in [-0.15, -0.1) is 0 Å². The van der Waals surface area contributed by atoms with Crippen LogP contribution in [0.5, 0.6) is 0 Å². The van der Waals surface area contributed by atoms with Gasteiger partial charge < -0.3 is 11.5 Å². The molecule has 22 heavy (non-hydrogen) atoms. The quantitative estimate of drug-likeness (QED) is 0.249. The summed E-state index contributed by atoms with van der Waals surface area (Å²) < 4.78 is 35.8. The third-order valence-electron chi connectivity index (χ3n) is 3.11. The molecule has 1 aromatic carbocycles. The molecule has 2 amide bonds. The standard InChI is InChI=1S/C12H14N2O6S.Na.H/c1-20-12(8-14(11(12)16)21(17,18)19)13-10(15)7-9-5-3-2-4-6-9;;/h2-6H,7-8H2,1H3,(H,13,15)(H,17,18,19);;/q;+1;-1. The normalized spacial score (nSPS) is 20.8. The molecule has 0 saturated carbocycles. The van der Waals surface area contributed by atoms with Crippen LogP contribution < -0.4 is 34.9 Å². The maximum absolute atomic E-state index is 11.9. The fourth-order valence-electron chi connectivity index (χ4n) is 1.98. The van der Waals surface area contributed by atoms with Crippen LogP contribution in [0.15, 0.2) is 30.3 Å². The molecule has 2 N–H and O–H groups in total.